The van der Waals surface area contributed by atoms with E-state index in [9.17, 15) is 18.7 Å². The first-order valence-corrected chi connectivity index (χ1v) is 6.62. The van der Waals surface area contributed by atoms with Crippen molar-refractivity contribution in [1.82, 2.24) is 20.2 Å². The van der Waals surface area contributed by atoms with E-state index in [1.165, 1.54) is 6.20 Å². The van der Waals surface area contributed by atoms with E-state index in [-0.39, 0.29) is 19.0 Å². The number of aromatic nitrogens is 2. The minimum Gasteiger partial charge on any atom is -0.394 e. The summed E-state index contributed by atoms with van der Waals surface area (Å²) in [6, 6.07) is 7.79. The zero-order valence-corrected chi connectivity index (χ0v) is 11.6. The van der Waals surface area contributed by atoms with Gasteiger partial charge in [-0.3, -0.25) is 4.57 Å². The molecular weight excluding hydrogens is 294 g/mol. The van der Waals surface area contributed by atoms with Gasteiger partial charge in [-0.05, 0) is 5.56 Å². The fraction of sp³-hybridized carbons (Fsp3) is 0.286. The number of carbonyl (C=O) groups is 1. The number of urea groups is 1. The molecule has 2 amide bonds. The van der Waals surface area contributed by atoms with Crippen LogP contribution in [0.3, 0.4) is 0 Å². The molecule has 1 aromatic heterocycles. The van der Waals surface area contributed by atoms with Crippen molar-refractivity contribution in [3.63, 3.8) is 0 Å². The third-order valence-corrected chi connectivity index (χ3v) is 3.06. The third kappa shape index (κ3) is 4.01. The maximum Gasteiger partial charge on any atom is 0.319 e. The van der Waals surface area contributed by atoms with E-state index in [0.717, 1.165) is 11.8 Å². The molecule has 1 atom stereocenters. The van der Waals surface area contributed by atoms with Crippen LogP contribution in [-0.4, -0.2) is 27.3 Å². The van der Waals surface area contributed by atoms with Crippen molar-refractivity contribution in [3.8, 4) is 0 Å². The van der Waals surface area contributed by atoms with Gasteiger partial charge in [0.2, 0.25) is 0 Å². The number of amides is 2. The molecule has 0 unspecified atom stereocenters. The fourth-order valence-electron chi connectivity index (χ4n) is 1.95. The molecule has 2 aromatic rings. The molecule has 0 bridgehead atoms. The summed E-state index contributed by atoms with van der Waals surface area (Å²) in [6.45, 7) is -3.13. The second kappa shape index (κ2) is 7.51. The van der Waals surface area contributed by atoms with Gasteiger partial charge in [-0.15, -0.1) is 0 Å². The summed E-state index contributed by atoms with van der Waals surface area (Å²) in [7, 11) is 0. The predicted octanol–water partition coefficient (Wildman–Crippen LogP) is 1.81. The molecule has 1 heterocycles. The van der Waals surface area contributed by atoms with Crippen LogP contribution in [0.2, 0.25) is 0 Å². The molecule has 0 saturated heterocycles. The molecule has 6 nitrogen and oxygen atoms in total. The molecule has 1 aromatic carbocycles. The lowest BCUT2D eigenvalue weighted by molar-refractivity contribution is 0.0667. The third-order valence-electron chi connectivity index (χ3n) is 3.06. The maximum absolute atomic E-state index is 12.6. The lowest BCUT2D eigenvalue weighted by Crippen LogP contribution is -2.39. The Morgan fingerprint density at radius 3 is 2.68 bits per heavy atom. The van der Waals surface area contributed by atoms with Gasteiger partial charge in [0, 0.05) is 12.4 Å². The second-order valence-electron chi connectivity index (χ2n) is 4.50. The average molecular weight is 310 g/mol. The number of alkyl halides is 2. The van der Waals surface area contributed by atoms with E-state index in [1.807, 2.05) is 6.07 Å². The van der Waals surface area contributed by atoms with Gasteiger partial charge in [0.25, 0.3) is 0 Å². The van der Waals surface area contributed by atoms with Crippen LogP contribution in [-0.2, 0) is 6.54 Å². The van der Waals surface area contributed by atoms with Crippen LogP contribution in [0.4, 0.5) is 13.6 Å². The van der Waals surface area contributed by atoms with Gasteiger partial charge < -0.3 is 15.7 Å². The Kier molecular flexibility index (Phi) is 5.42. The highest BCUT2D eigenvalue weighted by atomic mass is 19.3. The van der Waals surface area contributed by atoms with Gasteiger partial charge in [0.05, 0.1) is 19.2 Å². The summed E-state index contributed by atoms with van der Waals surface area (Å²) in [6.07, 6.45) is 2.38. The molecule has 8 heteroatoms. The molecule has 0 radical (unpaired) electrons. The number of nitrogens with zero attached hydrogens (tertiary/aromatic N) is 2. The number of nitrogens with one attached hydrogen (secondary N) is 2. The molecule has 2 rings (SSSR count). The number of rotatable bonds is 6. The zero-order chi connectivity index (χ0) is 15.9. The second-order valence-corrected chi connectivity index (χ2v) is 4.50. The number of aliphatic hydroxyl groups excluding tert-OH is 1. The lowest BCUT2D eigenvalue weighted by atomic mass is 10.1. The van der Waals surface area contributed by atoms with E-state index in [2.05, 4.69) is 15.6 Å². The molecule has 0 aliphatic carbocycles. The number of carbonyl (C=O) groups excluding carboxylic acids is 1. The normalized spacial score (nSPS) is 12.2. The first-order valence-electron chi connectivity index (χ1n) is 6.62. The summed E-state index contributed by atoms with van der Waals surface area (Å²) in [5.41, 5.74) is 0.745. The molecular formula is C14H16F2N4O2. The van der Waals surface area contributed by atoms with E-state index < -0.39 is 18.6 Å². The SMILES string of the molecule is O=C(NCc1nccn1C(F)F)N[C@H](CO)c1ccccc1. The van der Waals surface area contributed by atoms with E-state index in [0.29, 0.717) is 4.57 Å². The van der Waals surface area contributed by atoms with Crippen LogP contribution in [0.15, 0.2) is 42.7 Å². The highest BCUT2D eigenvalue weighted by molar-refractivity contribution is 5.74. The van der Waals surface area contributed by atoms with Crippen molar-refractivity contribution in [2.45, 2.75) is 19.1 Å². The molecule has 0 saturated carbocycles. The van der Waals surface area contributed by atoms with E-state index in [1.54, 1.807) is 24.3 Å². The molecule has 0 aliphatic rings. The largest absolute Gasteiger partial charge is 0.394 e. The summed E-state index contributed by atoms with van der Waals surface area (Å²) < 4.78 is 25.9. The Morgan fingerprint density at radius 2 is 2.05 bits per heavy atom. The van der Waals surface area contributed by atoms with E-state index >= 15 is 0 Å². The van der Waals surface area contributed by atoms with Gasteiger partial charge in [-0.1, -0.05) is 30.3 Å². The van der Waals surface area contributed by atoms with Crippen molar-refractivity contribution in [1.29, 1.82) is 0 Å². The van der Waals surface area contributed by atoms with Gasteiger partial charge in [0.1, 0.15) is 5.82 Å². The molecule has 22 heavy (non-hydrogen) atoms. The van der Waals surface area contributed by atoms with Crippen molar-refractivity contribution < 1.29 is 18.7 Å². The Morgan fingerprint density at radius 1 is 1.32 bits per heavy atom. The summed E-state index contributed by atoms with van der Waals surface area (Å²) in [5.74, 6) is 0.0467. The zero-order valence-electron chi connectivity index (χ0n) is 11.6. The number of benzene rings is 1. The first-order chi connectivity index (χ1) is 10.6. The minimum atomic E-state index is -2.71. The Balaban J connectivity index is 1.91. The van der Waals surface area contributed by atoms with Crippen molar-refractivity contribution in [2.24, 2.45) is 0 Å². The van der Waals surface area contributed by atoms with Crippen LogP contribution in [0.25, 0.3) is 0 Å². The quantitative estimate of drug-likeness (QED) is 0.761. The minimum absolute atomic E-state index is 0.0467. The summed E-state index contributed by atoms with van der Waals surface area (Å²) in [4.78, 5) is 15.6. The summed E-state index contributed by atoms with van der Waals surface area (Å²) >= 11 is 0. The number of aliphatic hydroxyl groups is 1. The highest BCUT2D eigenvalue weighted by Crippen LogP contribution is 2.13. The summed E-state index contributed by atoms with van der Waals surface area (Å²) in [5, 5.41) is 14.3. The number of hydrogen-bond acceptors (Lipinski definition) is 3. The van der Waals surface area contributed by atoms with Crippen LogP contribution in [0, 0.1) is 0 Å². The molecule has 0 aliphatic heterocycles. The number of hydrogen-bond donors (Lipinski definition) is 3. The Labute approximate surface area is 125 Å². The molecule has 0 spiro atoms. The molecule has 3 N–H and O–H groups in total. The van der Waals surface area contributed by atoms with Crippen LogP contribution < -0.4 is 10.6 Å². The van der Waals surface area contributed by atoms with Crippen molar-refractivity contribution in [3.05, 3.63) is 54.1 Å². The first kappa shape index (κ1) is 15.9. The van der Waals surface area contributed by atoms with Crippen LogP contribution in [0.1, 0.15) is 24.0 Å². The monoisotopic (exact) mass is 310 g/mol. The predicted molar refractivity (Wildman–Crippen MR) is 75.1 cm³/mol. The number of imidazole rings is 1. The van der Waals surface area contributed by atoms with Gasteiger partial charge >= 0.3 is 12.6 Å². The lowest BCUT2D eigenvalue weighted by Gasteiger charge is -2.17. The molecule has 0 fully saturated rings. The fourth-order valence-corrected chi connectivity index (χ4v) is 1.95. The standard InChI is InChI=1S/C14H16F2N4O2/c15-13(16)20-7-6-17-12(20)8-18-14(22)19-11(9-21)10-4-2-1-3-5-10/h1-7,11,13,21H,8-9H2,(H2,18,19,22)/t11-/m1/s1. The molecule has 118 valence electrons. The highest BCUT2D eigenvalue weighted by Gasteiger charge is 2.15. The topological polar surface area (TPSA) is 79.2 Å². The van der Waals surface area contributed by atoms with Crippen molar-refractivity contribution in [2.75, 3.05) is 6.61 Å². The van der Waals surface area contributed by atoms with E-state index in [4.69, 9.17) is 0 Å². The number of halogens is 2. The smallest absolute Gasteiger partial charge is 0.319 e. The van der Waals surface area contributed by atoms with Crippen molar-refractivity contribution >= 4 is 6.03 Å². The Bertz CT molecular complexity index is 604. The van der Waals surface area contributed by atoms with Gasteiger partial charge in [0.15, 0.2) is 0 Å². The maximum atomic E-state index is 12.6. The van der Waals surface area contributed by atoms with Gasteiger partial charge in [-0.2, -0.15) is 8.78 Å². The van der Waals surface area contributed by atoms with Crippen LogP contribution >= 0.6 is 0 Å². The average Bonchev–Trinajstić information content (AvgIpc) is 3.00. The Hall–Kier alpha value is -2.48. The van der Waals surface area contributed by atoms with Gasteiger partial charge in [-0.25, -0.2) is 9.78 Å². The van der Waals surface area contributed by atoms with Crippen LogP contribution in [0.5, 0.6) is 0 Å².